The summed E-state index contributed by atoms with van der Waals surface area (Å²) in [5.74, 6) is -0.260. The normalized spacial score (nSPS) is 14.4. The molecular formula is C13H16O4S. The Kier molecular flexibility index (Phi) is 4.14. The van der Waals surface area contributed by atoms with Crippen molar-refractivity contribution < 1.29 is 19.4 Å². The molecule has 98 valence electrons. The molecule has 0 fully saturated rings. The van der Waals surface area contributed by atoms with Gasteiger partial charge in [0.25, 0.3) is 0 Å². The maximum absolute atomic E-state index is 11.9. The molecule has 4 nitrogen and oxygen atoms in total. The molecule has 0 spiro atoms. The minimum atomic E-state index is -0.349. The van der Waals surface area contributed by atoms with Gasteiger partial charge in [0.1, 0.15) is 4.88 Å². The van der Waals surface area contributed by atoms with Gasteiger partial charge in [-0.15, -0.1) is 11.3 Å². The molecule has 1 heterocycles. The first-order valence-electron chi connectivity index (χ1n) is 6.14. The Balaban J connectivity index is 2.45. The molecule has 18 heavy (non-hydrogen) atoms. The van der Waals surface area contributed by atoms with Crippen LogP contribution in [-0.2, 0) is 17.6 Å². The molecule has 2 rings (SSSR count). The van der Waals surface area contributed by atoms with E-state index in [4.69, 9.17) is 9.84 Å². The average Bonchev–Trinajstić information content (AvgIpc) is 2.70. The van der Waals surface area contributed by atoms with Crippen LogP contribution < -0.4 is 0 Å². The van der Waals surface area contributed by atoms with Crippen LogP contribution >= 0.6 is 11.3 Å². The van der Waals surface area contributed by atoms with Crippen LogP contribution in [0.3, 0.4) is 0 Å². The van der Waals surface area contributed by atoms with Gasteiger partial charge in [-0.1, -0.05) is 0 Å². The molecule has 0 amide bonds. The minimum Gasteiger partial charge on any atom is -0.462 e. The van der Waals surface area contributed by atoms with Crippen LogP contribution in [-0.4, -0.2) is 30.1 Å². The number of Topliss-reactive ketones (excluding diaryl/α,β-unsaturated/α-hetero) is 1. The number of hydrogen-bond donors (Lipinski definition) is 1. The second-order valence-electron chi connectivity index (χ2n) is 4.18. The second-order valence-corrected chi connectivity index (χ2v) is 5.28. The van der Waals surface area contributed by atoms with Gasteiger partial charge in [0.2, 0.25) is 0 Å². The maximum atomic E-state index is 11.9. The highest BCUT2D eigenvalue weighted by Gasteiger charge is 2.29. The Hall–Kier alpha value is -1.20. The van der Waals surface area contributed by atoms with Gasteiger partial charge in [0.05, 0.1) is 6.61 Å². The zero-order chi connectivity index (χ0) is 13.1. The summed E-state index contributed by atoms with van der Waals surface area (Å²) in [6.45, 7) is 2.08. The fraction of sp³-hybridized carbons (Fsp3) is 0.538. The van der Waals surface area contributed by atoms with Gasteiger partial charge in [0, 0.05) is 29.9 Å². The minimum absolute atomic E-state index is 0.0114. The van der Waals surface area contributed by atoms with Crippen molar-refractivity contribution in [2.24, 2.45) is 0 Å². The lowest BCUT2D eigenvalue weighted by molar-refractivity contribution is 0.0531. The Morgan fingerprint density at radius 2 is 2.22 bits per heavy atom. The predicted octanol–water partition coefficient (Wildman–Crippen LogP) is 1.98. The Labute approximate surface area is 110 Å². The standard InChI is InChI=1S/C13H16O4S/c1-2-17-13(16)12-8-4-3-5-9(15)11(8)10(18-12)6-7-14/h14H,2-7H2,1H3. The number of hydrogen-bond acceptors (Lipinski definition) is 5. The van der Waals surface area contributed by atoms with Crippen LogP contribution in [0.2, 0.25) is 0 Å². The molecule has 0 atom stereocenters. The predicted molar refractivity (Wildman–Crippen MR) is 68.3 cm³/mol. The first kappa shape index (κ1) is 13.2. The molecule has 0 radical (unpaired) electrons. The van der Waals surface area contributed by atoms with Crippen LogP contribution in [0.25, 0.3) is 0 Å². The van der Waals surface area contributed by atoms with Gasteiger partial charge in [-0.25, -0.2) is 4.79 Å². The zero-order valence-electron chi connectivity index (χ0n) is 10.3. The fourth-order valence-corrected chi connectivity index (χ4v) is 3.52. The summed E-state index contributed by atoms with van der Waals surface area (Å²) in [7, 11) is 0. The van der Waals surface area contributed by atoms with Gasteiger partial charge in [-0.3, -0.25) is 4.79 Å². The van der Waals surface area contributed by atoms with Crippen molar-refractivity contribution in [2.45, 2.75) is 32.6 Å². The molecule has 0 saturated carbocycles. The molecule has 0 aliphatic heterocycles. The summed E-state index contributed by atoms with van der Waals surface area (Å²) in [5, 5.41) is 9.04. The van der Waals surface area contributed by atoms with Gasteiger partial charge in [0.15, 0.2) is 5.78 Å². The Morgan fingerprint density at radius 3 is 2.89 bits per heavy atom. The van der Waals surface area contributed by atoms with E-state index >= 15 is 0 Å². The lowest BCUT2D eigenvalue weighted by atomic mass is 9.90. The average molecular weight is 268 g/mol. The van der Waals surface area contributed by atoms with E-state index in [1.54, 1.807) is 6.92 Å². The number of aliphatic hydroxyl groups excluding tert-OH is 1. The number of fused-ring (bicyclic) bond motifs is 1. The molecule has 1 aromatic rings. The molecule has 0 bridgehead atoms. The van der Waals surface area contributed by atoms with E-state index in [1.807, 2.05) is 0 Å². The van der Waals surface area contributed by atoms with E-state index in [-0.39, 0.29) is 18.4 Å². The zero-order valence-corrected chi connectivity index (χ0v) is 11.1. The van der Waals surface area contributed by atoms with Crippen LogP contribution in [0.15, 0.2) is 0 Å². The summed E-state index contributed by atoms with van der Waals surface area (Å²) >= 11 is 1.30. The molecular weight excluding hydrogens is 252 g/mol. The number of thiophene rings is 1. The van der Waals surface area contributed by atoms with E-state index in [9.17, 15) is 9.59 Å². The smallest absolute Gasteiger partial charge is 0.348 e. The first-order chi connectivity index (χ1) is 8.69. The SMILES string of the molecule is CCOC(=O)c1sc(CCO)c2c1CCCC2=O. The topological polar surface area (TPSA) is 63.6 Å². The number of aliphatic hydroxyl groups is 1. The van der Waals surface area contributed by atoms with Crippen LogP contribution in [0.4, 0.5) is 0 Å². The largest absolute Gasteiger partial charge is 0.462 e. The monoisotopic (exact) mass is 268 g/mol. The van der Waals surface area contributed by atoms with E-state index in [0.29, 0.717) is 29.9 Å². The molecule has 1 aliphatic rings. The van der Waals surface area contributed by atoms with Crippen molar-refractivity contribution in [3.63, 3.8) is 0 Å². The van der Waals surface area contributed by atoms with E-state index < -0.39 is 0 Å². The lowest BCUT2D eigenvalue weighted by Crippen LogP contribution is -2.14. The second kappa shape index (κ2) is 5.63. The molecule has 0 saturated heterocycles. The Bertz CT molecular complexity index is 476. The highest BCUT2D eigenvalue weighted by atomic mass is 32.1. The fourth-order valence-electron chi connectivity index (χ4n) is 2.27. The summed E-state index contributed by atoms with van der Waals surface area (Å²) in [6, 6.07) is 0. The summed E-state index contributed by atoms with van der Waals surface area (Å²) in [4.78, 5) is 25.2. The molecule has 1 N–H and O–H groups in total. The van der Waals surface area contributed by atoms with Crippen molar-refractivity contribution in [1.29, 1.82) is 0 Å². The van der Waals surface area contributed by atoms with Gasteiger partial charge < -0.3 is 9.84 Å². The third-order valence-corrected chi connectivity index (χ3v) is 4.26. The number of carbonyl (C=O) groups excluding carboxylic acids is 2. The highest BCUT2D eigenvalue weighted by Crippen LogP contribution is 2.35. The number of esters is 1. The van der Waals surface area contributed by atoms with Crippen molar-refractivity contribution in [2.75, 3.05) is 13.2 Å². The van der Waals surface area contributed by atoms with Crippen LogP contribution in [0.5, 0.6) is 0 Å². The summed E-state index contributed by atoms with van der Waals surface area (Å²) < 4.78 is 5.02. The molecule has 0 unspecified atom stereocenters. The Morgan fingerprint density at radius 1 is 1.44 bits per heavy atom. The van der Waals surface area contributed by atoms with E-state index in [1.165, 1.54) is 11.3 Å². The molecule has 5 heteroatoms. The third-order valence-electron chi connectivity index (χ3n) is 2.99. The van der Waals surface area contributed by atoms with Crippen molar-refractivity contribution in [3.05, 3.63) is 20.9 Å². The van der Waals surface area contributed by atoms with Crippen molar-refractivity contribution in [3.8, 4) is 0 Å². The molecule has 0 aromatic carbocycles. The number of ether oxygens (including phenoxy) is 1. The number of rotatable bonds is 4. The molecule has 1 aliphatic carbocycles. The summed E-state index contributed by atoms with van der Waals surface area (Å²) in [5.41, 5.74) is 1.50. The highest BCUT2D eigenvalue weighted by molar-refractivity contribution is 7.14. The first-order valence-corrected chi connectivity index (χ1v) is 6.96. The number of carbonyl (C=O) groups is 2. The van der Waals surface area contributed by atoms with Gasteiger partial charge in [-0.2, -0.15) is 0 Å². The summed E-state index contributed by atoms with van der Waals surface area (Å²) in [6.07, 6.45) is 2.49. The van der Waals surface area contributed by atoms with E-state index in [2.05, 4.69) is 0 Å². The van der Waals surface area contributed by atoms with Crippen molar-refractivity contribution >= 4 is 23.1 Å². The maximum Gasteiger partial charge on any atom is 0.348 e. The molecule has 1 aromatic heterocycles. The lowest BCUT2D eigenvalue weighted by Gasteiger charge is -2.12. The van der Waals surface area contributed by atoms with Gasteiger partial charge in [-0.05, 0) is 25.3 Å². The van der Waals surface area contributed by atoms with Gasteiger partial charge >= 0.3 is 5.97 Å². The van der Waals surface area contributed by atoms with Crippen LogP contribution in [0, 0.1) is 0 Å². The number of ketones is 1. The third kappa shape index (κ3) is 2.33. The van der Waals surface area contributed by atoms with Crippen molar-refractivity contribution in [1.82, 2.24) is 0 Å². The van der Waals surface area contributed by atoms with Crippen LogP contribution in [0.1, 0.15) is 50.2 Å². The van der Waals surface area contributed by atoms with E-state index in [0.717, 1.165) is 23.3 Å². The quantitative estimate of drug-likeness (QED) is 0.848.